The predicted molar refractivity (Wildman–Crippen MR) is 163 cm³/mol. The van der Waals surface area contributed by atoms with E-state index in [1.807, 2.05) is 74.5 Å². The van der Waals surface area contributed by atoms with Gasteiger partial charge in [-0.15, -0.1) is 0 Å². The van der Waals surface area contributed by atoms with Gasteiger partial charge in [-0.2, -0.15) is 0 Å². The van der Waals surface area contributed by atoms with Gasteiger partial charge in [0.1, 0.15) is 18.1 Å². The molecule has 5 aromatic rings. The molecule has 1 fully saturated rings. The zero-order valence-corrected chi connectivity index (χ0v) is 23.9. The monoisotopic (exact) mass is 580 g/mol. The van der Waals surface area contributed by atoms with E-state index in [1.54, 1.807) is 30.3 Å². The zero-order valence-electron chi connectivity index (χ0n) is 22.3. The van der Waals surface area contributed by atoms with Gasteiger partial charge in [-0.1, -0.05) is 83.1 Å². The number of amides is 1. The maximum absolute atomic E-state index is 13.6. The number of fused-ring (bicyclic) bond motifs is 1. The lowest BCUT2D eigenvalue weighted by Gasteiger charge is -2.23. The van der Waals surface area contributed by atoms with Gasteiger partial charge in [-0.25, -0.2) is 4.98 Å². The Morgan fingerprint density at radius 3 is 2.49 bits per heavy atom. The number of nitrogens with zero attached hydrogens (tertiary/aromatic N) is 2. The molecule has 8 heteroatoms. The number of aliphatic hydroxyl groups is 1. The number of aryl methyl sites for hydroxylation is 2. The summed E-state index contributed by atoms with van der Waals surface area (Å²) in [6, 6.07) is 27.1. The fraction of sp³-hybridized carbons (Fsp3) is 0.121. The van der Waals surface area contributed by atoms with Crippen LogP contribution in [-0.2, 0) is 16.2 Å². The third-order valence-corrected chi connectivity index (χ3v) is 8.33. The number of aromatic nitrogens is 1. The second kappa shape index (κ2) is 10.8. The van der Waals surface area contributed by atoms with E-state index in [-0.39, 0.29) is 11.3 Å². The normalized spacial score (nSPS) is 16.5. The second-order valence-corrected chi connectivity index (χ2v) is 11.4. The number of Topliss-reactive ketones (excluding diaryl/α,β-unsaturated/α-hetero) is 1. The van der Waals surface area contributed by atoms with Crippen LogP contribution >= 0.6 is 22.9 Å². The Morgan fingerprint density at radius 2 is 1.73 bits per heavy atom. The summed E-state index contributed by atoms with van der Waals surface area (Å²) in [7, 11) is 0. The first kappa shape index (κ1) is 26.7. The van der Waals surface area contributed by atoms with Crippen molar-refractivity contribution in [2.75, 3.05) is 4.90 Å². The van der Waals surface area contributed by atoms with E-state index in [1.165, 1.54) is 16.2 Å². The molecule has 1 aromatic heterocycles. The van der Waals surface area contributed by atoms with Crippen LogP contribution < -0.4 is 9.64 Å². The topological polar surface area (TPSA) is 79.7 Å². The molecular formula is C33H25ClN2O4S. The molecule has 41 heavy (non-hydrogen) atoms. The zero-order chi connectivity index (χ0) is 28.7. The van der Waals surface area contributed by atoms with Crippen molar-refractivity contribution < 1.29 is 19.4 Å². The number of benzene rings is 4. The third-order valence-electron chi connectivity index (χ3n) is 7.08. The molecule has 1 saturated heterocycles. The molecule has 0 bridgehead atoms. The van der Waals surface area contributed by atoms with E-state index < -0.39 is 17.7 Å². The first-order valence-electron chi connectivity index (χ1n) is 13.0. The molecule has 0 spiro atoms. The number of halogens is 1. The van der Waals surface area contributed by atoms with Crippen LogP contribution in [0.1, 0.15) is 33.9 Å². The van der Waals surface area contributed by atoms with Gasteiger partial charge in [-0.05, 0) is 66.9 Å². The summed E-state index contributed by atoms with van der Waals surface area (Å²) in [6.45, 7) is 4.17. The minimum atomic E-state index is -0.894. The molecule has 1 unspecified atom stereocenters. The van der Waals surface area contributed by atoms with E-state index >= 15 is 0 Å². The van der Waals surface area contributed by atoms with Crippen LogP contribution in [0.25, 0.3) is 16.0 Å². The molecule has 1 aliphatic rings. The molecule has 0 aliphatic carbocycles. The van der Waals surface area contributed by atoms with Gasteiger partial charge >= 0.3 is 5.91 Å². The summed E-state index contributed by atoms with van der Waals surface area (Å²) >= 11 is 7.46. The highest BCUT2D eigenvalue weighted by molar-refractivity contribution is 7.22. The van der Waals surface area contributed by atoms with Gasteiger partial charge in [-0.3, -0.25) is 14.5 Å². The van der Waals surface area contributed by atoms with Crippen molar-refractivity contribution in [3.63, 3.8) is 0 Å². The smallest absolute Gasteiger partial charge is 0.301 e. The van der Waals surface area contributed by atoms with Crippen LogP contribution in [0.15, 0.2) is 96.6 Å². The summed E-state index contributed by atoms with van der Waals surface area (Å²) in [5, 5.41) is 12.5. The number of ether oxygens (including phenoxy) is 1. The molecule has 204 valence electrons. The quantitative estimate of drug-likeness (QED) is 0.126. The first-order valence-corrected chi connectivity index (χ1v) is 14.2. The van der Waals surface area contributed by atoms with Crippen molar-refractivity contribution in [3.8, 4) is 5.75 Å². The third kappa shape index (κ3) is 5.10. The average molecular weight is 581 g/mol. The number of ketones is 1. The largest absolute Gasteiger partial charge is 0.507 e. The van der Waals surface area contributed by atoms with Gasteiger partial charge in [0.2, 0.25) is 0 Å². The number of carbonyl (C=O) groups is 2. The molecule has 6 rings (SSSR count). The van der Waals surface area contributed by atoms with E-state index in [0.717, 1.165) is 21.4 Å². The van der Waals surface area contributed by atoms with Crippen molar-refractivity contribution in [2.24, 2.45) is 0 Å². The molecule has 1 atom stereocenters. The predicted octanol–water partition coefficient (Wildman–Crippen LogP) is 7.77. The molecule has 0 radical (unpaired) electrons. The number of rotatable bonds is 6. The number of anilines is 1. The lowest BCUT2D eigenvalue weighted by atomic mass is 9.93. The number of hydrogen-bond acceptors (Lipinski definition) is 6. The van der Waals surface area contributed by atoms with E-state index in [2.05, 4.69) is 4.98 Å². The van der Waals surface area contributed by atoms with Crippen molar-refractivity contribution >= 4 is 55.7 Å². The first-order chi connectivity index (χ1) is 19.8. The molecule has 1 N–H and O–H groups in total. The van der Waals surface area contributed by atoms with Crippen LogP contribution in [0.3, 0.4) is 0 Å². The highest BCUT2D eigenvalue weighted by atomic mass is 35.5. The Hall–Kier alpha value is -4.46. The summed E-state index contributed by atoms with van der Waals surface area (Å²) in [5.41, 5.74) is 4.57. The molecule has 1 aliphatic heterocycles. The number of carbonyl (C=O) groups excluding carboxylic acids is 2. The maximum atomic E-state index is 13.6. The van der Waals surface area contributed by atoms with Crippen LogP contribution in [-0.4, -0.2) is 21.8 Å². The van der Waals surface area contributed by atoms with Crippen LogP contribution in [0, 0.1) is 13.8 Å². The van der Waals surface area contributed by atoms with Crippen molar-refractivity contribution in [1.82, 2.24) is 4.98 Å². The second-order valence-electron chi connectivity index (χ2n) is 9.94. The fourth-order valence-corrected chi connectivity index (χ4v) is 6.23. The minimum Gasteiger partial charge on any atom is -0.507 e. The summed E-state index contributed by atoms with van der Waals surface area (Å²) in [4.78, 5) is 33.2. The lowest BCUT2D eigenvalue weighted by molar-refractivity contribution is -0.132. The van der Waals surface area contributed by atoms with E-state index in [4.69, 9.17) is 16.3 Å². The van der Waals surface area contributed by atoms with Gasteiger partial charge in [0.15, 0.2) is 5.13 Å². The van der Waals surface area contributed by atoms with E-state index in [0.29, 0.717) is 39.2 Å². The highest BCUT2D eigenvalue weighted by Crippen LogP contribution is 2.45. The molecule has 6 nitrogen and oxygen atoms in total. The average Bonchev–Trinajstić information content (AvgIpc) is 3.51. The Morgan fingerprint density at radius 1 is 0.976 bits per heavy atom. The van der Waals surface area contributed by atoms with Crippen LogP contribution in [0.5, 0.6) is 5.75 Å². The SMILES string of the molecule is Cc1ccc(C)c(C(O)=C2C(=O)C(=O)N(c3nc4ccc(Cl)cc4s3)C2c2ccc(OCc3ccccc3)cc2)c1. The van der Waals surface area contributed by atoms with Gasteiger partial charge in [0.05, 0.1) is 21.8 Å². The van der Waals surface area contributed by atoms with Gasteiger partial charge < -0.3 is 9.84 Å². The number of thiazole rings is 1. The Kier molecular flexibility index (Phi) is 7.07. The fourth-order valence-electron chi connectivity index (χ4n) is 4.96. The molecule has 0 saturated carbocycles. The van der Waals surface area contributed by atoms with Crippen molar-refractivity contribution in [1.29, 1.82) is 0 Å². The minimum absolute atomic E-state index is 0.0129. The Bertz CT molecular complexity index is 1830. The summed E-state index contributed by atoms with van der Waals surface area (Å²) in [6.07, 6.45) is 0. The Balaban J connectivity index is 1.45. The summed E-state index contributed by atoms with van der Waals surface area (Å²) in [5.74, 6) is -1.10. The number of hydrogen-bond donors (Lipinski definition) is 1. The molecule has 4 aromatic carbocycles. The maximum Gasteiger partial charge on any atom is 0.301 e. The van der Waals surface area contributed by atoms with Crippen LogP contribution in [0.2, 0.25) is 5.02 Å². The van der Waals surface area contributed by atoms with Crippen LogP contribution in [0.4, 0.5) is 5.13 Å². The Labute approximate surface area is 246 Å². The number of aliphatic hydroxyl groups excluding tert-OH is 1. The molecule has 2 heterocycles. The summed E-state index contributed by atoms with van der Waals surface area (Å²) < 4.78 is 6.74. The van der Waals surface area contributed by atoms with Gasteiger partial charge in [0, 0.05) is 10.6 Å². The molecular weight excluding hydrogens is 556 g/mol. The van der Waals surface area contributed by atoms with E-state index in [9.17, 15) is 14.7 Å². The lowest BCUT2D eigenvalue weighted by Crippen LogP contribution is -2.29. The standard InChI is InChI=1S/C33H25ClN2O4S/c1-19-8-9-20(2)25(16-19)30(37)28-29(22-10-13-24(14-11-22)40-18-21-6-4-3-5-7-21)36(32(39)31(28)38)33-35-26-15-12-23(34)17-27(26)41-33/h3-17,29,37H,18H2,1-2H3. The van der Waals surface area contributed by atoms with Crippen molar-refractivity contribution in [2.45, 2.75) is 26.5 Å². The highest BCUT2D eigenvalue weighted by Gasteiger charge is 2.48. The molecule has 1 amide bonds. The van der Waals surface area contributed by atoms with Crippen molar-refractivity contribution in [3.05, 3.63) is 129 Å². The van der Waals surface area contributed by atoms with Gasteiger partial charge in [0.25, 0.3) is 5.78 Å².